The Bertz CT molecular complexity index is 1660. The van der Waals surface area contributed by atoms with Gasteiger partial charge in [-0.15, -0.1) is 11.8 Å². The maximum absolute atomic E-state index is 13.5. The third kappa shape index (κ3) is 6.08. The molecule has 1 fully saturated rings. The first-order valence-corrected chi connectivity index (χ1v) is 15.8. The van der Waals surface area contributed by atoms with Crippen molar-refractivity contribution in [3.8, 4) is 5.69 Å². The highest BCUT2D eigenvalue weighted by Gasteiger charge is 2.51. The first kappa shape index (κ1) is 31.3. The molecule has 1 aliphatic heterocycles. The van der Waals surface area contributed by atoms with Crippen molar-refractivity contribution in [1.29, 1.82) is 0 Å². The lowest BCUT2D eigenvalue weighted by atomic mass is 10.0. The lowest BCUT2D eigenvalue weighted by molar-refractivity contribution is -0.142. The van der Waals surface area contributed by atoms with Gasteiger partial charge in [0.15, 0.2) is 0 Å². The van der Waals surface area contributed by atoms with Gasteiger partial charge in [0.25, 0.3) is 0 Å². The zero-order chi connectivity index (χ0) is 30.8. The normalized spacial score (nSPS) is 17.9. The number of sulfonamides is 1. The second kappa shape index (κ2) is 12.3. The van der Waals surface area contributed by atoms with Gasteiger partial charge in [-0.2, -0.15) is 4.31 Å². The van der Waals surface area contributed by atoms with Crippen LogP contribution in [0.25, 0.3) is 11.8 Å². The standard InChI is InChI=1S/C29H35N5O6S2/c1-6-7-10-24-19(2)34(28(38)32(24)5)21-13-11-20(12-14-21)16-23(27(36)37)31-26(35)25-29(3,4)41-18-33(25)42(39,40)22-9-8-15-30-17-22/h7-15,17,23,25H,6,16,18H2,1-5H3,(H,31,35)(H,36,37)/b10-7-/t23-,25+/m0/s1. The van der Waals surface area contributed by atoms with Crippen LogP contribution in [0.15, 0.2) is 64.6 Å². The van der Waals surface area contributed by atoms with E-state index in [-0.39, 0.29) is 22.9 Å². The van der Waals surface area contributed by atoms with Gasteiger partial charge in [-0.3, -0.25) is 18.9 Å². The van der Waals surface area contributed by atoms with Crippen molar-refractivity contribution in [3.63, 3.8) is 0 Å². The summed E-state index contributed by atoms with van der Waals surface area (Å²) in [6.45, 7) is 7.39. The Morgan fingerprint density at radius 3 is 2.52 bits per heavy atom. The van der Waals surface area contributed by atoms with Gasteiger partial charge in [0.2, 0.25) is 15.9 Å². The molecular formula is C29H35N5O6S2. The van der Waals surface area contributed by atoms with Gasteiger partial charge in [0, 0.05) is 36.3 Å². The molecule has 0 spiro atoms. The minimum atomic E-state index is -4.06. The first-order chi connectivity index (χ1) is 19.8. The van der Waals surface area contributed by atoms with E-state index in [0.29, 0.717) is 11.3 Å². The van der Waals surface area contributed by atoms with Gasteiger partial charge >= 0.3 is 11.7 Å². The summed E-state index contributed by atoms with van der Waals surface area (Å²) in [6, 6.07) is 7.36. The molecule has 1 amide bonds. The second-order valence-electron chi connectivity index (χ2n) is 10.6. The number of imidazole rings is 1. The quantitative estimate of drug-likeness (QED) is 0.355. The fourth-order valence-corrected chi connectivity index (χ4v) is 8.14. The number of nitrogens with zero attached hydrogens (tertiary/aromatic N) is 4. The predicted octanol–water partition coefficient (Wildman–Crippen LogP) is 2.96. The number of carboxylic acid groups (broad SMARTS) is 1. The van der Waals surface area contributed by atoms with E-state index in [1.807, 2.05) is 26.0 Å². The Balaban J connectivity index is 1.55. The Morgan fingerprint density at radius 1 is 1.24 bits per heavy atom. The average Bonchev–Trinajstić information content (AvgIpc) is 3.39. The van der Waals surface area contributed by atoms with E-state index in [4.69, 9.17) is 0 Å². The van der Waals surface area contributed by atoms with E-state index in [9.17, 15) is 27.9 Å². The molecule has 11 nitrogen and oxygen atoms in total. The minimum Gasteiger partial charge on any atom is -0.480 e. The van der Waals surface area contributed by atoms with Crippen LogP contribution in [0.5, 0.6) is 0 Å². The first-order valence-electron chi connectivity index (χ1n) is 13.4. The SMILES string of the molecule is CC/C=C\c1c(C)n(-c2ccc(C[C@H](NC(=O)[C@H]3N(S(=O)(=O)c4cccnc4)CSC3(C)C)C(=O)O)cc2)c(=O)n1C. The molecule has 0 saturated carbocycles. The predicted molar refractivity (Wildman–Crippen MR) is 162 cm³/mol. The molecule has 1 saturated heterocycles. The molecule has 1 aliphatic rings. The molecular weight excluding hydrogens is 578 g/mol. The van der Waals surface area contributed by atoms with Crippen molar-refractivity contribution in [3.05, 3.63) is 82.3 Å². The van der Waals surface area contributed by atoms with Crippen molar-refractivity contribution in [2.24, 2.45) is 7.05 Å². The fourth-order valence-electron chi connectivity index (χ4n) is 5.01. The van der Waals surface area contributed by atoms with E-state index in [0.717, 1.165) is 22.1 Å². The van der Waals surface area contributed by atoms with Crippen molar-refractivity contribution < 1.29 is 23.1 Å². The second-order valence-corrected chi connectivity index (χ2v) is 14.1. The molecule has 0 unspecified atom stereocenters. The van der Waals surface area contributed by atoms with Gasteiger partial charge < -0.3 is 10.4 Å². The van der Waals surface area contributed by atoms with Crippen molar-refractivity contribution in [2.75, 3.05) is 5.88 Å². The van der Waals surface area contributed by atoms with Crippen LogP contribution in [0.4, 0.5) is 0 Å². The number of carbonyl (C=O) groups is 2. The Morgan fingerprint density at radius 2 is 1.93 bits per heavy atom. The maximum Gasteiger partial charge on any atom is 0.333 e. The smallest absolute Gasteiger partial charge is 0.333 e. The summed E-state index contributed by atoms with van der Waals surface area (Å²) in [5, 5.41) is 12.5. The van der Waals surface area contributed by atoms with Gasteiger partial charge in [-0.05, 0) is 63.1 Å². The summed E-state index contributed by atoms with van der Waals surface area (Å²) >= 11 is 1.30. The zero-order valence-electron chi connectivity index (χ0n) is 24.1. The monoisotopic (exact) mass is 613 g/mol. The number of carbonyl (C=O) groups excluding carboxylic acids is 1. The molecule has 2 N–H and O–H groups in total. The van der Waals surface area contributed by atoms with Gasteiger partial charge in [0.1, 0.15) is 17.0 Å². The lowest BCUT2D eigenvalue weighted by Gasteiger charge is -2.30. The van der Waals surface area contributed by atoms with Crippen LogP contribution in [0.2, 0.25) is 0 Å². The number of hydrogen-bond donors (Lipinski definition) is 2. The van der Waals surface area contributed by atoms with Crippen LogP contribution in [0.1, 0.15) is 44.1 Å². The summed E-state index contributed by atoms with van der Waals surface area (Å²) in [7, 11) is -2.34. The number of rotatable bonds is 10. The number of pyridine rings is 1. The molecule has 3 heterocycles. The summed E-state index contributed by atoms with van der Waals surface area (Å²) in [5.74, 6) is -1.91. The molecule has 2 aromatic heterocycles. The number of carboxylic acids is 1. The number of aliphatic carboxylic acids is 1. The maximum atomic E-state index is 13.5. The summed E-state index contributed by atoms with van der Waals surface area (Å²) in [5.41, 5.74) is 2.63. The Hall–Kier alpha value is -3.68. The van der Waals surface area contributed by atoms with Crippen LogP contribution < -0.4 is 11.0 Å². The summed E-state index contributed by atoms with van der Waals surface area (Å²) in [6.07, 6.45) is 7.37. The van der Waals surface area contributed by atoms with Crippen LogP contribution in [-0.4, -0.2) is 66.5 Å². The highest BCUT2D eigenvalue weighted by molar-refractivity contribution is 8.02. The van der Waals surface area contributed by atoms with Crippen LogP contribution in [0, 0.1) is 6.92 Å². The van der Waals surface area contributed by atoms with Gasteiger partial charge in [0.05, 0.1) is 17.3 Å². The Labute approximate surface area is 249 Å². The molecule has 1 aromatic carbocycles. The molecule has 224 valence electrons. The Kier molecular flexibility index (Phi) is 9.14. The van der Waals surface area contributed by atoms with Crippen LogP contribution in [0.3, 0.4) is 0 Å². The average molecular weight is 614 g/mol. The molecule has 3 aromatic rings. The lowest BCUT2D eigenvalue weighted by Crippen LogP contribution is -2.56. The number of hydrogen-bond acceptors (Lipinski definition) is 7. The van der Waals surface area contributed by atoms with Crippen LogP contribution in [-0.2, 0) is 33.1 Å². The number of benzene rings is 1. The van der Waals surface area contributed by atoms with Crippen molar-refractivity contribution >= 4 is 39.7 Å². The number of thioether (sulfide) groups is 1. The highest BCUT2D eigenvalue weighted by Crippen LogP contribution is 2.42. The van der Waals surface area contributed by atoms with E-state index in [1.54, 1.807) is 54.3 Å². The van der Waals surface area contributed by atoms with E-state index in [1.165, 1.54) is 36.3 Å². The summed E-state index contributed by atoms with van der Waals surface area (Å²) < 4.78 is 30.2. The molecule has 0 aliphatic carbocycles. The van der Waals surface area contributed by atoms with Crippen molar-refractivity contribution in [1.82, 2.24) is 23.7 Å². The molecule has 2 atom stereocenters. The fraction of sp³-hybridized carbons (Fsp3) is 0.379. The summed E-state index contributed by atoms with van der Waals surface area (Å²) in [4.78, 5) is 42.5. The zero-order valence-corrected chi connectivity index (χ0v) is 25.8. The van der Waals surface area contributed by atoms with Gasteiger partial charge in [-0.1, -0.05) is 25.1 Å². The van der Waals surface area contributed by atoms with Crippen molar-refractivity contribution in [2.45, 2.75) is 62.3 Å². The number of aromatic nitrogens is 3. The highest BCUT2D eigenvalue weighted by atomic mass is 32.2. The van der Waals surface area contributed by atoms with Gasteiger partial charge in [-0.25, -0.2) is 18.0 Å². The minimum absolute atomic E-state index is 0.0374. The van der Waals surface area contributed by atoms with E-state index in [2.05, 4.69) is 10.3 Å². The molecule has 13 heteroatoms. The molecule has 4 rings (SSSR count). The van der Waals surface area contributed by atoms with Crippen LogP contribution >= 0.6 is 11.8 Å². The topological polar surface area (TPSA) is 144 Å². The number of amides is 1. The van der Waals surface area contributed by atoms with E-state index < -0.39 is 38.7 Å². The molecule has 42 heavy (non-hydrogen) atoms. The molecule has 0 bridgehead atoms. The number of allylic oxidation sites excluding steroid dienone is 1. The number of nitrogens with one attached hydrogen (secondary N) is 1. The molecule has 0 radical (unpaired) electrons. The van der Waals surface area contributed by atoms with E-state index >= 15 is 0 Å². The largest absolute Gasteiger partial charge is 0.480 e. The third-order valence-electron chi connectivity index (χ3n) is 7.31. The third-order valence-corrected chi connectivity index (χ3v) is 10.6.